The van der Waals surface area contributed by atoms with E-state index in [1.807, 2.05) is 19.1 Å². The van der Waals surface area contributed by atoms with E-state index in [-0.39, 0.29) is 25.1 Å². The van der Waals surface area contributed by atoms with Crippen molar-refractivity contribution in [1.82, 2.24) is 5.32 Å². The second-order valence-corrected chi connectivity index (χ2v) is 18.3. The molecular weight excluding hydrogens is 691 g/mol. The number of nitrogens with two attached hydrogens (primary N) is 1. The van der Waals surface area contributed by atoms with Crippen molar-refractivity contribution in [2.24, 2.45) is 39.3 Å². The predicted octanol–water partition coefficient (Wildman–Crippen LogP) is 6.77. The van der Waals surface area contributed by atoms with Crippen LogP contribution >= 0.6 is 0 Å². The molecule has 0 amide bonds. The highest BCUT2D eigenvalue weighted by Crippen LogP contribution is 2.61. The number of aliphatic hydroxyl groups is 5. The Balaban J connectivity index is 0.930. The molecule has 7 rings (SSSR count). The molecule has 9 nitrogen and oxygen atoms in total. The van der Waals surface area contributed by atoms with Gasteiger partial charge in [0.15, 0.2) is 17.6 Å². The van der Waals surface area contributed by atoms with Crippen molar-refractivity contribution in [2.75, 3.05) is 32.8 Å². The Labute approximate surface area is 330 Å². The Morgan fingerprint density at radius 2 is 1.87 bits per heavy atom. The third-order valence-corrected chi connectivity index (χ3v) is 14.6. The summed E-state index contributed by atoms with van der Waals surface area (Å²) in [5.41, 5.74) is 10.6. The molecule has 9 heteroatoms. The van der Waals surface area contributed by atoms with Gasteiger partial charge in [-0.1, -0.05) is 44.6 Å². The van der Waals surface area contributed by atoms with Crippen LogP contribution in [0, 0.1) is 40.6 Å². The summed E-state index contributed by atoms with van der Waals surface area (Å²) in [5, 5.41) is 45.8. The van der Waals surface area contributed by atoms with E-state index in [2.05, 4.69) is 17.5 Å². The van der Waals surface area contributed by atoms with E-state index in [9.17, 15) is 20.4 Å². The van der Waals surface area contributed by atoms with Crippen LogP contribution in [-0.4, -0.2) is 82.0 Å². The number of nitrogens with one attached hydrogen (secondary N) is 1. The summed E-state index contributed by atoms with van der Waals surface area (Å²) in [4.78, 5) is 5.14. The van der Waals surface area contributed by atoms with Crippen molar-refractivity contribution in [3.8, 4) is 11.5 Å². The van der Waals surface area contributed by atoms with E-state index in [0.717, 1.165) is 80.5 Å². The average Bonchev–Trinajstić information content (AvgIpc) is 4.02. The molecule has 0 radical (unpaired) electrons. The molecule has 1 unspecified atom stereocenters. The maximum absolute atomic E-state index is 11.5. The van der Waals surface area contributed by atoms with Gasteiger partial charge in [-0.3, -0.25) is 0 Å². The molecule has 6 atom stereocenters. The van der Waals surface area contributed by atoms with Crippen molar-refractivity contribution in [2.45, 2.75) is 147 Å². The molecule has 0 bridgehead atoms. The summed E-state index contributed by atoms with van der Waals surface area (Å²) in [5.74, 6) is 3.31. The van der Waals surface area contributed by atoms with Crippen LogP contribution in [0.2, 0.25) is 0 Å². The van der Waals surface area contributed by atoms with E-state index in [4.69, 9.17) is 20.2 Å². The molecule has 6 aliphatic rings. The number of aliphatic hydroxyl groups excluding tert-OH is 3. The number of ether oxygens (including phenoxy) is 2. The maximum atomic E-state index is 11.5. The Morgan fingerprint density at radius 3 is 2.64 bits per heavy atom. The first kappa shape index (κ1) is 40.7. The summed E-state index contributed by atoms with van der Waals surface area (Å²) in [6.07, 6.45) is 26.4. The van der Waals surface area contributed by atoms with Crippen molar-refractivity contribution < 1.29 is 29.9 Å². The van der Waals surface area contributed by atoms with Crippen LogP contribution in [0.3, 0.4) is 0 Å². The number of nitrogens with zero attached hydrogens (tertiary/aromatic N) is 1. The van der Waals surface area contributed by atoms with Gasteiger partial charge < -0.3 is 41.0 Å². The molecule has 1 spiro atoms. The van der Waals surface area contributed by atoms with Gasteiger partial charge in [-0.2, -0.15) is 0 Å². The van der Waals surface area contributed by atoms with Crippen LogP contribution in [-0.2, 0) is 6.42 Å². The smallest absolute Gasteiger partial charge is 0.208 e. The first-order valence-electron chi connectivity index (χ1n) is 22.0. The van der Waals surface area contributed by atoms with Gasteiger partial charge in [-0.25, -0.2) is 0 Å². The van der Waals surface area contributed by atoms with Crippen LogP contribution in [0.1, 0.15) is 128 Å². The van der Waals surface area contributed by atoms with Gasteiger partial charge in [-0.05, 0) is 124 Å². The van der Waals surface area contributed by atoms with E-state index in [1.54, 1.807) is 6.07 Å². The number of hydrogen-bond acceptors (Lipinski definition) is 8. The first-order chi connectivity index (χ1) is 26.7. The third-order valence-electron chi connectivity index (χ3n) is 14.6. The normalized spacial score (nSPS) is 27.8. The van der Waals surface area contributed by atoms with E-state index >= 15 is 0 Å². The summed E-state index contributed by atoms with van der Waals surface area (Å²) >= 11 is 0. The van der Waals surface area contributed by atoms with Crippen LogP contribution in [0.25, 0.3) is 0 Å². The fraction of sp³-hybridized carbons (Fsp3) is 0.717. The SMILES string of the molecule is C[C@H](O)CNC[C@@H]1[C+]2C=C([C@@H](O)COc3cc(CC[C-]4C=C(CO)C(CCCCC5(CCN)CCCC5)[OH+]4)ccc3O)N=C2CC2(CCCC2)[C@H]2CCC[C@@H]12. The number of benzene rings is 1. The molecule has 2 aliphatic heterocycles. The first-order valence-corrected chi connectivity index (χ1v) is 22.0. The zero-order valence-electron chi connectivity index (χ0n) is 33.5. The molecule has 8 N–H and O–H groups in total. The lowest BCUT2D eigenvalue weighted by Crippen LogP contribution is -2.38. The van der Waals surface area contributed by atoms with Crippen molar-refractivity contribution in [3.63, 3.8) is 0 Å². The maximum Gasteiger partial charge on any atom is 0.208 e. The molecule has 1 aromatic rings. The molecule has 304 valence electrons. The highest BCUT2D eigenvalue weighted by Gasteiger charge is 2.58. The highest BCUT2D eigenvalue weighted by molar-refractivity contribution is 6.03. The monoisotopic (exact) mass is 761 g/mol. The Kier molecular flexibility index (Phi) is 13.6. The number of allylic oxidation sites excluding steroid dienone is 1. The van der Waals surface area contributed by atoms with Crippen LogP contribution < -0.4 is 15.8 Å². The lowest BCUT2D eigenvalue weighted by atomic mass is 9.66. The second kappa shape index (κ2) is 18.4. The summed E-state index contributed by atoms with van der Waals surface area (Å²) in [6, 6.07) is 5.45. The number of hydrogen-bond donors (Lipinski definition) is 6. The van der Waals surface area contributed by atoms with Gasteiger partial charge in [0.2, 0.25) is 5.70 Å². The van der Waals surface area contributed by atoms with Gasteiger partial charge in [-0.15, -0.1) is 16.6 Å². The fourth-order valence-corrected chi connectivity index (χ4v) is 11.8. The summed E-state index contributed by atoms with van der Waals surface area (Å²) in [6.45, 7) is 4.03. The standard InChI is InChI=1S/C46H69N3O6/c1-31(51)27-48-28-37-35-9-8-10-38(35)46(19-6-7-20-46)26-40-36(37)25-39(49-40)42(53)30-54-44-23-32(13-15-41(44)52)12-14-34-24-33(29-50)43(55-34)11-2-3-16-45(21-22-47)17-4-5-18-45/h13,15,23-25,31,35,37-38,42-43,48,50-51,53,55H,2-12,14,16-22,26-30,47H2,1H3/p+1/t31-,35-,37-,38-,42-,43?/m0/s1. The van der Waals surface area contributed by atoms with Crippen LogP contribution in [0.15, 0.2) is 46.6 Å². The van der Waals surface area contributed by atoms with Gasteiger partial charge in [0.25, 0.3) is 0 Å². The van der Waals surface area contributed by atoms with Gasteiger partial charge in [0.1, 0.15) is 30.4 Å². The number of unbranched alkanes of at least 4 members (excludes halogenated alkanes) is 1. The largest absolute Gasteiger partial charge is 0.504 e. The zero-order chi connectivity index (χ0) is 38.4. The Hall–Kier alpha value is -2.53. The quantitative estimate of drug-likeness (QED) is 0.0517. The lowest BCUT2D eigenvalue weighted by molar-refractivity contribution is -0.0554. The molecule has 4 aliphatic carbocycles. The minimum Gasteiger partial charge on any atom is -0.504 e. The number of phenols is 1. The number of fused-ring (bicyclic) bond motifs is 3. The van der Waals surface area contributed by atoms with Gasteiger partial charge >= 0.3 is 0 Å². The van der Waals surface area contributed by atoms with Crippen LogP contribution in [0.5, 0.6) is 11.5 Å². The second-order valence-electron chi connectivity index (χ2n) is 18.3. The molecular formula is C46H70N3O6+. The molecule has 4 saturated carbocycles. The molecule has 0 aromatic heterocycles. The Bertz CT molecular complexity index is 1510. The average molecular weight is 761 g/mol. The zero-order valence-corrected chi connectivity index (χ0v) is 33.5. The molecule has 4 fully saturated rings. The molecule has 2 heterocycles. The van der Waals surface area contributed by atoms with E-state index < -0.39 is 12.2 Å². The van der Waals surface area contributed by atoms with Crippen molar-refractivity contribution in [1.29, 1.82) is 0 Å². The summed E-state index contributed by atoms with van der Waals surface area (Å²) < 4.78 is 11.1. The number of phenolic OH excluding ortho intramolecular Hbond substituents is 1. The minimum absolute atomic E-state index is 0.000620. The van der Waals surface area contributed by atoms with Crippen molar-refractivity contribution in [3.05, 3.63) is 59.2 Å². The van der Waals surface area contributed by atoms with Crippen LogP contribution in [0.4, 0.5) is 0 Å². The highest BCUT2D eigenvalue weighted by atomic mass is 16.5. The molecule has 1 aromatic carbocycles. The van der Waals surface area contributed by atoms with E-state index in [1.165, 1.54) is 89.4 Å². The number of rotatable bonds is 19. The van der Waals surface area contributed by atoms with Gasteiger partial charge in [0, 0.05) is 32.5 Å². The molecule has 0 saturated heterocycles. The lowest BCUT2D eigenvalue weighted by Gasteiger charge is -2.37. The Morgan fingerprint density at radius 1 is 1.07 bits per heavy atom. The molecule has 55 heavy (non-hydrogen) atoms. The number of aliphatic imine (C=N–C) groups is 1. The number of aryl methyl sites for hydroxylation is 1. The van der Waals surface area contributed by atoms with Gasteiger partial charge in [0.05, 0.1) is 18.1 Å². The topological polar surface area (TPSA) is 153 Å². The van der Waals surface area contributed by atoms with E-state index in [0.29, 0.717) is 40.7 Å². The minimum atomic E-state index is -0.920. The summed E-state index contributed by atoms with van der Waals surface area (Å²) in [7, 11) is 0. The third kappa shape index (κ3) is 9.45. The number of aromatic hydroxyl groups is 1. The fourth-order valence-electron chi connectivity index (χ4n) is 11.8. The van der Waals surface area contributed by atoms with Crippen molar-refractivity contribution >= 4 is 5.71 Å². The predicted molar refractivity (Wildman–Crippen MR) is 219 cm³/mol.